The Morgan fingerprint density at radius 1 is 0.742 bits per heavy atom. The second-order valence-corrected chi connectivity index (χ2v) is 8.69. The third kappa shape index (κ3) is 13.5. The molecule has 0 amide bonds. The summed E-state index contributed by atoms with van der Waals surface area (Å²) in [6.45, 7) is 8.46. The van der Waals surface area contributed by atoms with Crippen molar-refractivity contribution >= 4 is 0 Å². The average molecular weight is 459 g/mol. The Labute approximate surface area is 183 Å². The highest BCUT2D eigenvalue weighted by molar-refractivity contribution is 4.85. The Morgan fingerprint density at radius 3 is 1.19 bits per heavy atom. The van der Waals surface area contributed by atoms with Crippen molar-refractivity contribution in [2.24, 2.45) is 5.73 Å². The summed E-state index contributed by atoms with van der Waals surface area (Å²) in [6, 6.07) is 0. The molecule has 0 fully saturated rings. The quantitative estimate of drug-likeness (QED) is 0.137. The largest absolute Gasteiger partial charge is 0.394 e. The minimum absolute atomic E-state index is 0.0422. The van der Waals surface area contributed by atoms with Crippen LogP contribution in [0.4, 0.5) is 0 Å². The lowest BCUT2D eigenvalue weighted by Crippen LogP contribution is -2.55. The van der Waals surface area contributed by atoms with E-state index in [1.165, 1.54) is 0 Å². The molecule has 0 aliphatic rings. The third-order valence-corrected chi connectivity index (χ3v) is 4.67. The van der Waals surface area contributed by atoms with E-state index < -0.39 is 51.8 Å². The van der Waals surface area contributed by atoms with Crippen LogP contribution in [0, 0.1) is 20.2 Å². The van der Waals surface area contributed by atoms with Gasteiger partial charge in [0.1, 0.15) is 19.8 Å². The highest BCUT2D eigenvalue weighted by atomic mass is 16.6. The number of nitrogens with one attached hydrogen (secondary N) is 1. The maximum absolute atomic E-state index is 10.8. The van der Waals surface area contributed by atoms with Gasteiger partial charge in [-0.25, -0.2) is 0 Å². The Morgan fingerprint density at radius 2 is 1.06 bits per heavy atom. The van der Waals surface area contributed by atoms with Crippen molar-refractivity contribution in [2.75, 3.05) is 39.6 Å². The molecule has 31 heavy (non-hydrogen) atoms. The molecule has 8 N–H and O–H groups in total. The predicted octanol–water partition coefficient (Wildman–Crippen LogP) is -1.12. The molecule has 0 spiro atoms. The van der Waals surface area contributed by atoms with Gasteiger partial charge < -0.3 is 36.6 Å². The first kappa shape index (κ1) is 34.1. The number of rotatable bonds is 12. The number of nitro groups is 2. The average Bonchev–Trinajstić information content (AvgIpc) is 2.71. The van der Waals surface area contributed by atoms with Gasteiger partial charge in [0.05, 0.1) is 19.8 Å². The lowest BCUT2D eigenvalue weighted by atomic mass is 9.96. The predicted molar refractivity (Wildman–Crippen MR) is 116 cm³/mol. The SMILES string of the molecule is CC(C)(N)CO.CCC(CO)(CNC(C)(C)CO)[N+](=O)[O-].CCC(CO)(CO)[N+](=O)[O-]. The fourth-order valence-electron chi connectivity index (χ4n) is 1.52. The molecule has 0 aliphatic carbocycles. The first-order chi connectivity index (χ1) is 14.0. The zero-order valence-electron chi connectivity index (χ0n) is 19.5. The summed E-state index contributed by atoms with van der Waals surface area (Å²) in [5, 5.41) is 67.3. The van der Waals surface area contributed by atoms with Crippen molar-refractivity contribution in [2.45, 2.75) is 76.5 Å². The second kappa shape index (κ2) is 15.3. The van der Waals surface area contributed by atoms with Crippen LogP contribution in [0.15, 0.2) is 0 Å². The molecule has 0 bridgehead atoms. The van der Waals surface area contributed by atoms with Gasteiger partial charge in [-0.2, -0.15) is 0 Å². The number of hydrogen-bond acceptors (Lipinski definition) is 11. The molecule has 0 saturated heterocycles. The van der Waals surface area contributed by atoms with Gasteiger partial charge in [0.25, 0.3) is 11.1 Å². The fourth-order valence-corrected chi connectivity index (χ4v) is 1.52. The smallest absolute Gasteiger partial charge is 0.267 e. The summed E-state index contributed by atoms with van der Waals surface area (Å²) < 4.78 is 0. The van der Waals surface area contributed by atoms with Gasteiger partial charge >= 0.3 is 0 Å². The molecule has 13 nitrogen and oxygen atoms in total. The molecule has 0 aromatic heterocycles. The van der Waals surface area contributed by atoms with E-state index in [2.05, 4.69) is 5.32 Å². The fraction of sp³-hybridized carbons (Fsp3) is 1.00. The van der Waals surface area contributed by atoms with E-state index in [0.29, 0.717) is 0 Å². The van der Waals surface area contributed by atoms with Gasteiger partial charge in [0, 0.05) is 33.8 Å². The third-order valence-electron chi connectivity index (χ3n) is 4.67. The molecular formula is C18H42N4O9. The molecule has 0 heterocycles. The first-order valence-electron chi connectivity index (χ1n) is 9.89. The Hall–Kier alpha value is -1.48. The molecule has 1 unspecified atom stereocenters. The standard InChI is InChI=1S/C9H20N2O4.C5H11NO4.C4H11NO/c1-4-9(7-13,11(14)15)5-10-8(2,3)6-12;1-2-5(3-7,4-8)6(9)10;1-4(2,5)3-6/h10,12-13H,4-7H2,1-3H3;7-8H,2-4H2,1H3;6H,3,5H2,1-2H3. The topological polar surface area (TPSA) is 225 Å². The molecule has 0 saturated carbocycles. The van der Waals surface area contributed by atoms with Crippen LogP contribution >= 0.6 is 0 Å². The summed E-state index contributed by atoms with van der Waals surface area (Å²) in [4.78, 5) is 19.9. The van der Waals surface area contributed by atoms with E-state index in [9.17, 15) is 20.2 Å². The maximum Gasteiger partial charge on any atom is 0.267 e. The van der Waals surface area contributed by atoms with Gasteiger partial charge in [-0.15, -0.1) is 0 Å². The number of nitrogens with zero attached hydrogens (tertiary/aromatic N) is 2. The number of nitrogens with two attached hydrogens (primary N) is 1. The van der Waals surface area contributed by atoms with E-state index >= 15 is 0 Å². The van der Waals surface area contributed by atoms with Crippen molar-refractivity contribution < 1.29 is 35.4 Å². The number of hydrogen-bond donors (Lipinski definition) is 7. The van der Waals surface area contributed by atoms with Crippen LogP contribution in [0.1, 0.15) is 54.4 Å². The Kier molecular flexibility index (Phi) is 16.9. The molecule has 1 atom stereocenters. The summed E-state index contributed by atoms with van der Waals surface area (Å²) in [5.41, 5.74) is 1.41. The summed E-state index contributed by atoms with van der Waals surface area (Å²) >= 11 is 0. The van der Waals surface area contributed by atoms with Crippen molar-refractivity contribution in [1.29, 1.82) is 0 Å². The molecule has 188 valence electrons. The van der Waals surface area contributed by atoms with Crippen LogP contribution < -0.4 is 11.1 Å². The monoisotopic (exact) mass is 458 g/mol. The van der Waals surface area contributed by atoms with Crippen LogP contribution in [-0.4, -0.2) is 97.1 Å². The highest BCUT2D eigenvalue weighted by Gasteiger charge is 2.41. The van der Waals surface area contributed by atoms with Gasteiger partial charge in [-0.05, 0) is 27.7 Å². The van der Waals surface area contributed by atoms with Crippen molar-refractivity contribution in [3.8, 4) is 0 Å². The number of aliphatic hydroxyl groups is 5. The van der Waals surface area contributed by atoms with Crippen molar-refractivity contribution in [3.63, 3.8) is 0 Å². The Balaban J connectivity index is -0.000000421. The van der Waals surface area contributed by atoms with E-state index in [1.54, 1.807) is 41.5 Å². The van der Waals surface area contributed by atoms with E-state index in [0.717, 1.165) is 0 Å². The van der Waals surface area contributed by atoms with Gasteiger partial charge in [0.2, 0.25) is 0 Å². The molecule has 0 radical (unpaired) electrons. The van der Waals surface area contributed by atoms with Crippen molar-refractivity contribution in [3.05, 3.63) is 20.2 Å². The van der Waals surface area contributed by atoms with Gasteiger partial charge in [-0.3, -0.25) is 20.2 Å². The van der Waals surface area contributed by atoms with Crippen molar-refractivity contribution in [1.82, 2.24) is 5.32 Å². The van der Waals surface area contributed by atoms with Crippen LogP contribution in [0.5, 0.6) is 0 Å². The molecule has 13 heteroatoms. The molecule has 0 aromatic carbocycles. The molecule has 0 aliphatic heterocycles. The summed E-state index contributed by atoms with van der Waals surface area (Å²) in [5.74, 6) is 0. The highest BCUT2D eigenvalue weighted by Crippen LogP contribution is 2.15. The second-order valence-electron chi connectivity index (χ2n) is 8.69. The summed E-state index contributed by atoms with van der Waals surface area (Å²) in [7, 11) is 0. The molecule has 0 rings (SSSR count). The first-order valence-corrected chi connectivity index (χ1v) is 9.89. The van der Waals surface area contributed by atoms with Crippen LogP contribution in [0.25, 0.3) is 0 Å². The van der Waals surface area contributed by atoms with E-state index in [1.807, 2.05) is 0 Å². The minimum atomic E-state index is -1.54. The lowest BCUT2D eigenvalue weighted by Gasteiger charge is -2.29. The zero-order valence-corrected chi connectivity index (χ0v) is 19.5. The van der Waals surface area contributed by atoms with Crippen LogP contribution in [-0.2, 0) is 0 Å². The number of aliphatic hydroxyl groups excluding tert-OH is 5. The molecule has 0 aromatic rings. The van der Waals surface area contributed by atoms with E-state index in [-0.39, 0.29) is 32.6 Å². The lowest BCUT2D eigenvalue weighted by molar-refractivity contribution is -0.577. The normalized spacial score (nSPS) is 13.8. The summed E-state index contributed by atoms with van der Waals surface area (Å²) in [6.07, 6.45) is 0.373. The van der Waals surface area contributed by atoms with Gasteiger partial charge in [0.15, 0.2) is 0 Å². The van der Waals surface area contributed by atoms with Crippen LogP contribution in [0.2, 0.25) is 0 Å². The maximum atomic E-state index is 10.8. The Bertz CT molecular complexity index is 494. The van der Waals surface area contributed by atoms with E-state index in [4.69, 9.17) is 31.3 Å². The van der Waals surface area contributed by atoms with Gasteiger partial charge in [-0.1, -0.05) is 13.8 Å². The minimum Gasteiger partial charge on any atom is -0.394 e. The zero-order chi connectivity index (χ0) is 25.5. The molecular weight excluding hydrogens is 416 g/mol. The van der Waals surface area contributed by atoms with Crippen LogP contribution in [0.3, 0.4) is 0 Å².